The molecule has 0 bridgehead atoms. The number of anilines is 2. The zero-order valence-corrected chi connectivity index (χ0v) is 15.5. The summed E-state index contributed by atoms with van der Waals surface area (Å²) < 4.78 is 16.3. The van der Waals surface area contributed by atoms with E-state index in [1.807, 2.05) is 30.3 Å². The molecule has 0 radical (unpaired) electrons. The van der Waals surface area contributed by atoms with Gasteiger partial charge in [-0.25, -0.2) is 0 Å². The van der Waals surface area contributed by atoms with Gasteiger partial charge in [0.25, 0.3) is 0 Å². The van der Waals surface area contributed by atoms with Crippen LogP contribution in [0.4, 0.5) is 11.4 Å². The Labute approximate surface area is 161 Å². The molecule has 4 rings (SSSR count). The molecule has 0 saturated heterocycles. The normalized spacial score (nSPS) is 10.3. The standard InChI is InChI=1S/C20H15N3O3.ClH/c1-24-17-8-14-16(9-18(17)25-2)22-11-13(10-21)19(14)23-15-5-3-4-12-6-7-26-20(12)15;/h3-9,11H,1-2H3,(H,22,23);1H. The maximum absolute atomic E-state index is 9.55. The number of nitriles is 1. The number of halogens is 1. The second-order valence-electron chi connectivity index (χ2n) is 5.65. The topological polar surface area (TPSA) is 80.3 Å². The Bertz CT molecular complexity index is 1160. The molecule has 2 aromatic heterocycles. The van der Waals surface area contributed by atoms with Crippen molar-refractivity contribution in [3.8, 4) is 17.6 Å². The fourth-order valence-electron chi connectivity index (χ4n) is 2.96. The quantitative estimate of drug-likeness (QED) is 0.533. The van der Waals surface area contributed by atoms with E-state index in [9.17, 15) is 5.26 Å². The van der Waals surface area contributed by atoms with Gasteiger partial charge in [-0.05, 0) is 18.2 Å². The largest absolute Gasteiger partial charge is 0.493 e. The summed E-state index contributed by atoms with van der Waals surface area (Å²) in [4.78, 5) is 4.37. The first-order valence-corrected chi connectivity index (χ1v) is 7.93. The van der Waals surface area contributed by atoms with Crippen LogP contribution < -0.4 is 14.8 Å². The van der Waals surface area contributed by atoms with Crippen LogP contribution in [0.5, 0.6) is 11.5 Å². The van der Waals surface area contributed by atoms with E-state index in [0.717, 1.165) is 22.0 Å². The van der Waals surface area contributed by atoms with Crippen LogP contribution in [-0.2, 0) is 0 Å². The van der Waals surface area contributed by atoms with Crippen LogP contribution in [0.15, 0.2) is 53.3 Å². The highest BCUT2D eigenvalue weighted by atomic mass is 35.5. The van der Waals surface area contributed by atoms with Crippen LogP contribution >= 0.6 is 12.4 Å². The number of hydrogen-bond donors (Lipinski definition) is 1. The number of nitrogens with zero attached hydrogens (tertiary/aromatic N) is 2. The molecular weight excluding hydrogens is 366 g/mol. The lowest BCUT2D eigenvalue weighted by atomic mass is 10.1. The minimum atomic E-state index is 0. The van der Waals surface area contributed by atoms with E-state index in [1.54, 1.807) is 32.7 Å². The average Bonchev–Trinajstić information content (AvgIpc) is 3.17. The van der Waals surface area contributed by atoms with Gasteiger partial charge in [-0.15, -0.1) is 12.4 Å². The number of benzene rings is 2. The van der Waals surface area contributed by atoms with Gasteiger partial charge in [0, 0.05) is 23.0 Å². The van der Waals surface area contributed by atoms with E-state index in [2.05, 4.69) is 16.4 Å². The predicted octanol–water partition coefficient (Wildman–Crippen LogP) is 5.04. The van der Waals surface area contributed by atoms with Crippen LogP contribution in [0.1, 0.15) is 5.56 Å². The fraction of sp³-hybridized carbons (Fsp3) is 0.100. The molecule has 0 aliphatic rings. The third-order valence-electron chi connectivity index (χ3n) is 4.23. The lowest BCUT2D eigenvalue weighted by Gasteiger charge is -2.14. The maximum Gasteiger partial charge on any atom is 0.162 e. The highest BCUT2D eigenvalue weighted by Gasteiger charge is 2.15. The lowest BCUT2D eigenvalue weighted by Crippen LogP contribution is -1.98. The van der Waals surface area contributed by atoms with E-state index in [4.69, 9.17) is 13.9 Å². The average molecular weight is 382 g/mol. The van der Waals surface area contributed by atoms with Gasteiger partial charge in [0.15, 0.2) is 17.1 Å². The molecule has 4 aromatic rings. The fourth-order valence-corrected chi connectivity index (χ4v) is 2.96. The van der Waals surface area contributed by atoms with Gasteiger partial charge in [-0.3, -0.25) is 4.98 Å². The van der Waals surface area contributed by atoms with Crippen molar-refractivity contribution in [2.75, 3.05) is 19.5 Å². The summed E-state index contributed by atoms with van der Waals surface area (Å²) >= 11 is 0. The van der Waals surface area contributed by atoms with Crippen molar-refractivity contribution >= 4 is 45.7 Å². The van der Waals surface area contributed by atoms with Gasteiger partial charge in [-0.2, -0.15) is 5.26 Å². The summed E-state index contributed by atoms with van der Waals surface area (Å²) in [5.74, 6) is 1.15. The molecule has 6 nitrogen and oxygen atoms in total. The number of pyridine rings is 1. The third-order valence-corrected chi connectivity index (χ3v) is 4.23. The molecular formula is C20H16ClN3O3. The van der Waals surface area contributed by atoms with Gasteiger partial charge in [0.2, 0.25) is 0 Å². The lowest BCUT2D eigenvalue weighted by molar-refractivity contribution is 0.356. The minimum absolute atomic E-state index is 0. The van der Waals surface area contributed by atoms with E-state index >= 15 is 0 Å². The molecule has 2 heterocycles. The van der Waals surface area contributed by atoms with Gasteiger partial charge in [0.1, 0.15) is 6.07 Å². The van der Waals surface area contributed by atoms with Crippen molar-refractivity contribution in [2.24, 2.45) is 0 Å². The Kier molecular flexibility index (Phi) is 5.06. The summed E-state index contributed by atoms with van der Waals surface area (Å²) in [6, 6.07) is 13.5. The van der Waals surface area contributed by atoms with Crippen LogP contribution in [-0.4, -0.2) is 19.2 Å². The second kappa shape index (κ2) is 7.44. The Hall–Kier alpha value is -3.43. The number of hydrogen-bond acceptors (Lipinski definition) is 6. The van der Waals surface area contributed by atoms with Crippen LogP contribution in [0.3, 0.4) is 0 Å². The summed E-state index contributed by atoms with van der Waals surface area (Å²) in [5, 5.41) is 14.6. The summed E-state index contributed by atoms with van der Waals surface area (Å²) in [5.41, 5.74) is 3.25. The van der Waals surface area contributed by atoms with Gasteiger partial charge >= 0.3 is 0 Å². The predicted molar refractivity (Wildman–Crippen MR) is 106 cm³/mol. The molecule has 0 spiro atoms. The van der Waals surface area contributed by atoms with E-state index in [0.29, 0.717) is 28.3 Å². The molecule has 136 valence electrons. The van der Waals surface area contributed by atoms with Crippen molar-refractivity contribution in [1.82, 2.24) is 4.98 Å². The number of aromatic nitrogens is 1. The Balaban J connectivity index is 0.00000210. The van der Waals surface area contributed by atoms with Gasteiger partial charge < -0.3 is 19.2 Å². The van der Waals surface area contributed by atoms with E-state index < -0.39 is 0 Å². The minimum Gasteiger partial charge on any atom is -0.493 e. The first kappa shape index (κ1) is 18.4. The second-order valence-corrected chi connectivity index (χ2v) is 5.65. The molecule has 2 aromatic carbocycles. The first-order valence-electron chi connectivity index (χ1n) is 7.93. The molecule has 0 aliphatic heterocycles. The third kappa shape index (κ3) is 3.09. The number of para-hydroxylation sites is 1. The molecule has 1 N–H and O–H groups in total. The number of rotatable bonds is 4. The number of methoxy groups -OCH3 is 2. The summed E-state index contributed by atoms with van der Waals surface area (Å²) in [7, 11) is 3.14. The van der Waals surface area contributed by atoms with Crippen molar-refractivity contribution in [3.63, 3.8) is 0 Å². The number of nitrogens with one attached hydrogen (secondary N) is 1. The highest BCUT2D eigenvalue weighted by molar-refractivity contribution is 6.00. The Morgan fingerprint density at radius 2 is 1.89 bits per heavy atom. The van der Waals surface area contributed by atoms with Crippen LogP contribution in [0.25, 0.3) is 21.9 Å². The molecule has 0 amide bonds. The monoisotopic (exact) mass is 381 g/mol. The highest BCUT2D eigenvalue weighted by Crippen LogP contribution is 2.38. The molecule has 27 heavy (non-hydrogen) atoms. The molecule has 0 fully saturated rings. The number of ether oxygens (including phenoxy) is 2. The maximum atomic E-state index is 9.55. The van der Waals surface area contributed by atoms with E-state index in [1.165, 1.54) is 0 Å². The van der Waals surface area contributed by atoms with Crippen molar-refractivity contribution < 1.29 is 13.9 Å². The van der Waals surface area contributed by atoms with Crippen molar-refractivity contribution in [2.45, 2.75) is 0 Å². The SMILES string of the molecule is COc1cc2ncc(C#N)c(Nc3cccc4ccoc34)c2cc1OC.Cl. The van der Waals surface area contributed by atoms with Gasteiger partial charge in [-0.1, -0.05) is 12.1 Å². The number of furan rings is 1. The first-order chi connectivity index (χ1) is 12.7. The number of fused-ring (bicyclic) bond motifs is 2. The molecule has 0 atom stereocenters. The van der Waals surface area contributed by atoms with Crippen LogP contribution in [0.2, 0.25) is 0 Å². The zero-order chi connectivity index (χ0) is 18.1. The zero-order valence-electron chi connectivity index (χ0n) is 14.6. The van der Waals surface area contributed by atoms with Crippen molar-refractivity contribution in [1.29, 1.82) is 5.26 Å². The van der Waals surface area contributed by atoms with Crippen molar-refractivity contribution in [3.05, 3.63) is 54.4 Å². The molecule has 0 aliphatic carbocycles. The Morgan fingerprint density at radius 3 is 2.63 bits per heavy atom. The molecule has 0 saturated carbocycles. The smallest absolute Gasteiger partial charge is 0.162 e. The van der Waals surface area contributed by atoms with Gasteiger partial charge in [0.05, 0.1) is 42.9 Å². The van der Waals surface area contributed by atoms with E-state index in [-0.39, 0.29) is 12.4 Å². The summed E-state index contributed by atoms with van der Waals surface area (Å²) in [6.07, 6.45) is 3.18. The van der Waals surface area contributed by atoms with Crippen LogP contribution in [0, 0.1) is 11.3 Å². The molecule has 7 heteroatoms. The summed E-state index contributed by atoms with van der Waals surface area (Å²) in [6.45, 7) is 0. The Morgan fingerprint density at radius 1 is 1.11 bits per heavy atom. The molecule has 0 unspecified atom stereocenters.